The zero-order chi connectivity index (χ0) is 42.9. The molecule has 12 heteroatoms. The van der Waals surface area contributed by atoms with Gasteiger partial charge < -0.3 is 23.7 Å². The number of allylic oxidation sites excluding steroid dienone is 2. The first-order chi connectivity index (χ1) is 28.2. The highest BCUT2D eigenvalue weighted by Crippen LogP contribution is 2.48. The van der Waals surface area contributed by atoms with E-state index in [1.807, 2.05) is 30.4 Å². The third-order valence-corrected chi connectivity index (χ3v) is 10.3. The number of ether oxygens (including phenoxy) is 5. The highest BCUT2D eigenvalue weighted by atomic mass is 127. The maximum absolute atomic E-state index is 13.0. The fourth-order valence-electron chi connectivity index (χ4n) is 6.09. The Hall–Kier alpha value is -6.13. The molecule has 0 fully saturated rings. The highest BCUT2D eigenvalue weighted by molar-refractivity contribution is 14.1. The Labute approximate surface area is 368 Å². The van der Waals surface area contributed by atoms with Gasteiger partial charge in [-0.3, -0.25) is 0 Å². The molecule has 10 nitrogen and oxygen atoms in total. The van der Waals surface area contributed by atoms with Crippen molar-refractivity contribution in [3.8, 4) is 34.1 Å². The van der Waals surface area contributed by atoms with Crippen LogP contribution in [0.25, 0.3) is 16.7 Å². The summed E-state index contributed by atoms with van der Waals surface area (Å²) in [7, 11) is 0. The molecule has 2 atom stereocenters. The van der Waals surface area contributed by atoms with Gasteiger partial charge >= 0.3 is 29.8 Å². The van der Waals surface area contributed by atoms with E-state index in [-0.39, 0.29) is 17.2 Å². The highest BCUT2D eigenvalue weighted by Gasteiger charge is 2.32. The second-order valence-corrected chi connectivity index (χ2v) is 15.3. The van der Waals surface area contributed by atoms with E-state index in [0.29, 0.717) is 49.1 Å². The molecule has 1 aliphatic carbocycles. The SMILES string of the molecule is C=CC(=O)Oc1ccc(-c2ccc(OC(=O)C=C)c(C(c3cc(C4=CCC(C)(OC(=O)C=C)C=C4)ccc3OC(=O)C=C)c3cc(I)cc(I)c3OC(=O)C=C)c2)cc1. The average molecular weight is 1010 g/mol. The van der Waals surface area contributed by atoms with E-state index in [0.717, 1.165) is 39.5 Å². The van der Waals surface area contributed by atoms with Crippen molar-refractivity contribution in [2.24, 2.45) is 0 Å². The van der Waals surface area contributed by atoms with Gasteiger partial charge in [-0.2, -0.15) is 0 Å². The summed E-state index contributed by atoms with van der Waals surface area (Å²) >= 11 is 4.23. The lowest BCUT2D eigenvalue weighted by atomic mass is 9.81. The number of benzene rings is 4. The zero-order valence-electron chi connectivity index (χ0n) is 31.7. The van der Waals surface area contributed by atoms with Crippen molar-refractivity contribution in [3.05, 3.63) is 184 Å². The predicted molar refractivity (Wildman–Crippen MR) is 241 cm³/mol. The number of carbonyl (C=O) groups excluding carboxylic acids is 5. The molecule has 1 aliphatic rings. The zero-order valence-corrected chi connectivity index (χ0v) is 36.0. The van der Waals surface area contributed by atoms with Crippen molar-refractivity contribution >= 4 is 80.6 Å². The summed E-state index contributed by atoms with van der Waals surface area (Å²) in [5, 5.41) is 0. The summed E-state index contributed by atoms with van der Waals surface area (Å²) in [5.74, 6) is -3.63. The molecule has 0 amide bonds. The van der Waals surface area contributed by atoms with Crippen LogP contribution in [-0.4, -0.2) is 35.4 Å². The lowest BCUT2D eigenvalue weighted by Crippen LogP contribution is -2.29. The van der Waals surface area contributed by atoms with Crippen LogP contribution < -0.4 is 18.9 Å². The fourth-order valence-corrected chi connectivity index (χ4v) is 8.09. The molecule has 2 unspecified atom stereocenters. The average Bonchev–Trinajstić information content (AvgIpc) is 3.23. The van der Waals surface area contributed by atoms with Crippen LogP contribution in [0.3, 0.4) is 0 Å². The van der Waals surface area contributed by atoms with E-state index < -0.39 is 41.4 Å². The first-order valence-electron chi connectivity index (χ1n) is 17.7. The van der Waals surface area contributed by atoms with E-state index in [9.17, 15) is 24.0 Å². The minimum absolute atomic E-state index is 0.123. The molecular formula is C47H36I2O10. The molecule has 5 rings (SSSR count). The van der Waals surface area contributed by atoms with E-state index in [4.69, 9.17) is 23.7 Å². The van der Waals surface area contributed by atoms with Crippen LogP contribution in [0.1, 0.15) is 41.5 Å². The van der Waals surface area contributed by atoms with E-state index in [1.54, 1.807) is 67.6 Å². The number of hydrogen-bond donors (Lipinski definition) is 0. The van der Waals surface area contributed by atoms with Crippen molar-refractivity contribution < 1.29 is 47.7 Å². The van der Waals surface area contributed by atoms with Crippen LogP contribution in [0, 0.1) is 7.14 Å². The van der Waals surface area contributed by atoms with Gasteiger partial charge in [0.05, 0.1) is 3.57 Å². The molecular weight excluding hydrogens is 978 g/mol. The van der Waals surface area contributed by atoms with Crippen LogP contribution in [0.5, 0.6) is 23.0 Å². The van der Waals surface area contributed by atoms with Crippen molar-refractivity contribution in [1.29, 1.82) is 0 Å². The van der Waals surface area contributed by atoms with Gasteiger partial charge in [0.25, 0.3) is 0 Å². The molecule has 0 N–H and O–H groups in total. The van der Waals surface area contributed by atoms with Gasteiger partial charge in [0.1, 0.15) is 28.6 Å². The molecule has 0 aliphatic heterocycles. The molecule has 0 saturated carbocycles. The Balaban J connectivity index is 1.84. The Kier molecular flexibility index (Phi) is 14.6. The van der Waals surface area contributed by atoms with Gasteiger partial charge in [-0.05, 0) is 129 Å². The van der Waals surface area contributed by atoms with Crippen molar-refractivity contribution in [3.63, 3.8) is 0 Å². The van der Waals surface area contributed by atoms with Crippen LogP contribution in [0.15, 0.2) is 154 Å². The summed E-state index contributed by atoms with van der Waals surface area (Å²) in [6, 6.07) is 20.8. The lowest BCUT2D eigenvalue weighted by molar-refractivity contribution is -0.147. The van der Waals surface area contributed by atoms with Crippen LogP contribution in [0.4, 0.5) is 0 Å². The Morgan fingerprint density at radius 1 is 0.610 bits per heavy atom. The van der Waals surface area contributed by atoms with Gasteiger partial charge in [0.2, 0.25) is 0 Å². The van der Waals surface area contributed by atoms with Crippen molar-refractivity contribution in [2.45, 2.75) is 24.9 Å². The summed E-state index contributed by atoms with van der Waals surface area (Å²) in [6.45, 7) is 19.5. The first-order valence-corrected chi connectivity index (χ1v) is 19.9. The Morgan fingerprint density at radius 3 is 1.66 bits per heavy atom. The normalized spacial score (nSPS) is 14.7. The maximum atomic E-state index is 13.0. The molecule has 4 aromatic rings. The van der Waals surface area contributed by atoms with E-state index in [1.165, 1.54) is 0 Å². The molecule has 0 saturated heterocycles. The predicted octanol–water partition coefficient (Wildman–Crippen LogP) is 9.94. The molecule has 0 aromatic heterocycles. The standard InChI is InChI=1S/C47H36I2O10/c1-7-40(50)55-33-16-12-28(13-17-33)30-14-18-38(56-41(51)8-2)34(24-30)45(36-26-32(48)27-37(49)46(36)58-43(53)10-4)35-25-31(15-19-39(35)57-42(52)9-3)29-20-22-47(6,23-21-29)59-44(54)11-5/h7-22,24-27,45H,1-5,23H2,6H3. The lowest BCUT2D eigenvalue weighted by Gasteiger charge is -2.28. The van der Waals surface area contributed by atoms with Gasteiger partial charge in [-0.1, -0.05) is 69.3 Å². The van der Waals surface area contributed by atoms with Crippen LogP contribution in [-0.2, 0) is 28.7 Å². The minimum Gasteiger partial charge on any atom is -0.452 e. The number of hydrogen-bond acceptors (Lipinski definition) is 10. The van der Waals surface area contributed by atoms with Gasteiger partial charge in [0, 0.05) is 63.0 Å². The van der Waals surface area contributed by atoms with Gasteiger partial charge in [-0.25, -0.2) is 24.0 Å². The Bertz CT molecular complexity index is 2480. The monoisotopic (exact) mass is 1010 g/mol. The second kappa shape index (κ2) is 19.5. The molecule has 0 bridgehead atoms. The quantitative estimate of drug-likeness (QED) is 0.0373. The number of halogens is 2. The van der Waals surface area contributed by atoms with E-state index in [2.05, 4.69) is 78.1 Å². The number of rotatable bonds is 15. The maximum Gasteiger partial charge on any atom is 0.335 e. The molecule has 298 valence electrons. The third-order valence-electron chi connectivity index (χ3n) is 8.86. The van der Waals surface area contributed by atoms with Gasteiger partial charge in [-0.15, -0.1) is 0 Å². The summed E-state index contributed by atoms with van der Waals surface area (Å²) in [5.41, 5.74) is 3.14. The topological polar surface area (TPSA) is 132 Å². The van der Waals surface area contributed by atoms with Crippen LogP contribution >= 0.6 is 45.2 Å². The molecule has 4 aromatic carbocycles. The second-order valence-electron chi connectivity index (χ2n) is 12.9. The third kappa shape index (κ3) is 10.9. The van der Waals surface area contributed by atoms with E-state index >= 15 is 0 Å². The minimum atomic E-state index is -0.981. The number of carbonyl (C=O) groups is 5. The molecule has 0 radical (unpaired) electrons. The summed E-state index contributed by atoms with van der Waals surface area (Å²) < 4.78 is 29.9. The van der Waals surface area contributed by atoms with Crippen molar-refractivity contribution in [2.75, 3.05) is 0 Å². The van der Waals surface area contributed by atoms with Crippen molar-refractivity contribution in [1.82, 2.24) is 0 Å². The first kappa shape index (κ1) is 44.0. The van der Waals surface area contributed by atoms with Crippen LogP contribution in [0.2, 0.25) is 0 Å². The molecule has 0 heterocycles. The van der Waals surface area contributed by atoms with Gasteiger partial charge in [0.15, 0.2) is 0 Å². The molecule has 59 heavy (non-hydrogen) atoms. The largest absolute Gasteiger partial charge is 0.452 e. The summed E-state index contributed by atoms with van der Waals surface area (Å²) in [4.78, 5) is 62.8. The summed E-state index contributed by atoms with van der Waals surface area (Å²) in [6.07, 6.45) is 11.1. The number of esters is 5. The smallest absolute Gasteiger partial charge is 0.335 e. The fraction of sp³-hybridized carbons (Fsp3) is 0.0851. The molecule has 0 spiro atoms. The Morgan fingerprint density at radius 2 is 1.12 bits per heavy atom.